The number of rotatable bonds is 6. The highest BCUT2D eigenvalue weighted by atomic mass is 16.6. The Morgan fingerprint density at radius 3 is 2.38 bits per heavy atom. The van der Waals surface area contributed by atoms with E-state index < -0.39 is 5.97 Å². The molecule has 0 amide bonds. The monoisotopic (exact) mass is 392 g/mol. The third kappa shape index (κ3) is 4.24. The predicted molar refractivity (Wildman–Crippen MR) is 111 cm³/mol. The number of hydrogen-bond acceptors (Lipinski definition) is 5. The molecule has 0 heterocycles. The Bertz CT molecular complexity index is 1000. The van der Waals surface area contributed by atoms with E-state index in [0.29, 0.717) is 22.6 Å². The summed E-state index contributed by atoms with van der Waals surface area (Å²) in [4.78, 5) is 23.9. The summed E-state index contributed by atoms with van der Waals surface area (Å²) in [5.74, 6) is -0.0970. The predicted octanol–water partition coefficient (Wildman–Crippen LogP) is 4.95. The number of carbonyl (C=O) groups excluding carboxylic acids is 2. The fourth-order valence-corrected chi connectivity index (χ4v) is 3.35. The minimum atomic E-state index is -0.509. The Kier molecular flexibility index (Phi) is 5.87. The van der Waals surface area contributed by atoms with Crippen molar-refractivity contribution >= 4 is 11.9 Å². The molecule has 0 bridgehead atoms. The molecule has 0 spiro atoms. The second-order valence-corrected chi connectivity index (χ2v) is 7.12. The summed E-state index contributed by atoms with van der Waals surface area (Å²) in [6.45, 7) is 10.5. The molecule has 0 saturated carbocycles. The zero-order valence-corrected chi connectivity index (χ0v) is 16.9. The van der Waals surface area contributed by atoms with Gasteiger partial charge in [0.15, 0.2) is 11.5 Å². The lowest BCUT2D eigenvalue weighted by Gasteiger charge is -2.15. The number of methoxy groups -OCH3 is 1. The van der Waals surface area contributed by atoms with E-state index >= 15 is 0 Å². The summed E-state index contributed by atoms with van der Waals surface area (Å²) in [5, 5.41) is 0. The first-order valence-corrected chi connectivity index (χ1v) is 9.36. The van der Waals surface area contributed by atoms with Crippen LogP contribution < -0.4 is 9.47 Å². The molecule has 5 nitrogen and oxygen atoms in total. The summed E-state index contributed by atoms with van der Waals surface area (Å²) in [6.07, 6.45) is 1.22. The third-order valence-corrected chi connectivity index (χ3v) is 4.84. The van der Waals surface area contributed by atoms with E-state index in [1.165, 1.54) is 7.11 Å². The molecule has 2 aromatic carbocycles. The van der Waals surface area contributed by atoms with Crippen molar-refractivity contribution in [2.45, 2.75) is 32.8 Å². The van der Waals surface area contributed by atoms with Crippen molar-refractivity contribution in [3.63, 3.8) is 0 Å². The van der Waals surface area contributed by atoms with Gasteiger partial charge in [-0.05, 0) is 61.1 Å². The minimum Gasteiger partial charge on any atom is -0.493 e. The first-order chi connectivity index (χ1) is 13.8. The van der Waals surface area contributed by atoms with Gasteiger partial charge in [-0.2, -0.15) is 0 Å². The van der Waals surface area contributed by atoms with Crippen LogP contribution in [0.5, 0.6) is 11.5 Å². The summed E-state index contributed by atoms with van der Waals surface area (Å²) in [6, 6.07) is 11.4. The fourth-order valence-electron chi connectivity index (χ4n) is 3.35. The molecule has 150 valence electrons. The molecule has 1 aliphatic carbocycles. The van der Waals surface area contributed by atoms with E-state index in [-0.39, 0.29) is 12.1 Å². The molecule has 0 aliphatic heterocycles. The lowest BCUT2D eigenvalue weighted by Crippen LogP contribution is -2.09. The van der Waals surface area contributed by atoms with E-state index in [2.05, 4.69) is 13.2 Å². The highest BCUT2D eigenvalue weighted by molar-refractivity contribution is 5.89. The molecule has 0 N–H and O–H groups in total. The number of carbonyl (C=O) groups is 2. The van der Waals surface area contributed by atoms with Gasteiger partial charge in [-0.1, -0.05) is 37.4 Å². The number of ether oxygens (including phenoxy) is 3. The molecular weight excluding hydrogens is 368 g/mol. The first-order valence-electron chi connectivity index (χ1n) is 9.36. The van der Waals surface area contributed by atoms with E-state index in [0.717, 1.165) is 35.1 Å². The topological polar surface area (TPSA) is 61.8 Å². The molecule has 29 heavy (non-hydrogen) atoms. The quantitative estimate of drug-likeness (QED) is 0.395. The number of esters is 2. The highest BCUT2D eigenvalue weighted by Gasteiger charge is 2.28. The Balaban J connectivity index is 1.97. The largest absolute Gasteiger partial charge is 0.493 e. The Morgan fingerprint density at radius 2 is 1.72 bits per heavy atom. The van der Waals surface area contributed by atoms with Crippen LogP contribution in [0.1, 0.15) is 37.5 Å². The van der Waals surface area contributed by atoms with Gasteiger partial charge in [-0.25, -0.2) is 9.59 Å². The fraction of sp³-hybridized carbons (Fsp3) is 0.250. The Hall–Kier alpha value is -3.34. The zero-order chi connectivity index (χ0) is 21.1. The second-order valence-electron chi connectivity index (χ2n) is 7.12. The Labute approximate surface area is 170 Å². The molecule has 5 heteroatoms. The average Bonchev–Trinajstić information content (AvgIpc) is 3.10. The van der Waals surface area contributed by atoms with Crippen molar-refractivity contribution in [1.29, 1.82) is 0 Å². The van der Waals surface area contributed by atoms with Crippen LogP contribution in [-0.4, -0.2) is 19.0 Å². The van der Waals surface area contributed by atoms with Crippen molar-refractivity contribution in [3.05, 3.63) is 71.8 Å². The van der Waals surface area contributed by atoms with Gasteiger partial charge in [0.05, 0.1) is 7.11 Å². The lowest BCUT2D eigenvalue weighted by atomic mass is 9.96. The molecule has 3 rings (SSSR count). The van der Waals surface area contributed by atoms with Crippen molar-refractivity contribution in [2.75, 3.05) is 7.11 Å². The maximum absolute atomic E-state index is 12.0. The van der Waals surface area contributed by atoms with Crippen LogP contribution in [0, 0.1) is 0 Å². The summed E-state index contributed by atoms with van der Waals surface area (Å²) in [7, 11) is 1.52. The lowest BCUT2D eigenvalue weighted by molar-refractivity contribution is -0.144. The van der Waals surface area contributed by atoms with Gasteiger partial charge >= 0.3 is 11.9 Å². The molecule has 0 radical (unpaired) electrons. The normalized spacial score (nSPS) is 14.7. The van der Waals surface area contributed by atoms with Gasteiger partial charge in [-0.15, -0.1) is 0 Å². The van der Waals surface area contributed by atoms with Crippen molar-refractivity contribution in [1.82, 2.24) is 0 Å². The molecule has 2 aromatic rings. The molecule has 1 unspecified atom stereocenters. The van der Waals surface area contributed by atoms with Crippen LogP contribution in [0.2, 0.25) is 0 Å². The summed E-state index contributed by atoms with van der Waals surface area (Å²) >= 11 is 0. The van der Waals surface area contributed by atoms with E-state index in [1.807, 2.05) is 24.3 Å². The number of fused-ring (bicyclic) bond motifs is 1. The average molecular weight is 392 g/mol. The van der Waals surface area contributed by atoms with Crippen molar-refractivity contribution in [2.24, 2.45) is 0 Å². The summed E-state index contributed by atoms with van der Waals surface area (Å²) in [5.41, 5.74) is 4.70. The number of hydrogen-bond donors (Lipinski definition) is 0. The molecular formula is C24H24O5. The minimum absolute atomic E-state index is 0.284. The zero-order valence-electron chi connectivity index (χ0n) is 16.9. The van der Waals surface area contributed by atoms with Crippen LogP contribution >= 0.6 is 0 Å². The maximum Gasteiger partial charge on any atom is 0.338 e. The van der Waals surface area contributed by atoms with Crippen molar-refractivity contribution in [3.8, 4) is 22.6 Å². The number of benzene rings is 2. The molecule has 0 saturated heterocycles. The Morgan fingerprint density at radius 1 is 1.00 bits per heavy atom. The SMILES string of the molecule is C=C(C)C(=O)Oc1cc(-c2cccc3c2CCC3OC(=O)C(=C)C)ccc1OC. The van der Waals surface area contributed by atoms with E-state index in [9.17, 15) is 9.59 Å². The van der Waals surface area contributed by atoms with Crippen LogP contribution in [0.3, 0.4) is 0 Å². The van der Waals surface area contributed by atoms with Gasteiger partial charge in [0.1, 0.15) is 6.10 Å². The van der Waals surface area contributed by atoms with Crippen LogP contribution in [-0.2, 0) is 20.7 Å². The standard InChI is InChI=1S/C24H24O5/c1-14(2)23(25)28-20-12-10-18-17(7-6-8-19(18)20)16-9-11-21(27-5)22(13-16)29-24(26)15(3)4/h6-9,11,13,20H,1,3,10,12H2,2,4-5H3. The van der Waals surface area contributed by atoms with Gasteiger partial charge in [0.25, 0.3) is 0 Å². The van der Waals surface area contributed by atoms with Gasteiger partial charge < -0.3 is 14.2 Å². The second kappa shape index (κ2) is 8.35. The van der Waals surface area contributed by atoms with Crippen molar-refractivity contribution < 1.29 is 23.8 Å². The van der Waals surface area contributed by atoms with E-state index in [1.54, 1.807) is 26.0 Å². The van der Waals surface area contributed by atoms with Crippen LogP contribution in [0.4, 0.5) is 0 Å². The maximum atomic E-state index is 12.0. The summed E-state index contributed by atoms with van der Waals surface area (Å²) < 4.78 is 16.3. The molecule has 1 atom stereocenters. The van der Waals surface area contributed by atoms with Gasteiger partial charge in [0.2, 0.25) is 0 Å². The smallest absolute Gasteiger partial charge is 0.338 e. The van der Waals surface area contributed by atoms with E-state index in [4.69, 9.17) is 14.2 Å². The molecule has 0 aromatic heterocycles. The highest BCUT2D eigenvalue weighted by Crippen LogP contribution is 2.41. The van der Waals surface area contributed by atoms with Crippen LogP contribution in [0.15, 0.2) is 60.7 Å². The third-order valence-electron chi connectivity index (χ3n) is 4.84. The van der Waals surface area contributed by atoms with Gasteiger partial charge in [0, 0.05) is 11.1 Å². The van der Waals surface area contributed by atoms with Gasteiger partial charge in [-0.3, -0.25) is 0 Å². The first kappa shape index (κ1) is 20.4. The molecule has 1 aliphatic rings. The van der Waals surface area contributed by atoms with Crippen LogP contribution in [0.25, 0.3) is 11.1 Å². The molecule has 0 fully saturated rings.